The summed E-state index contributed by atoms with van der Waals surface area (Å²) in [6.07, 6.45) is 3.95. The van der Waals surface area contributed by atoms with Crippen molar-refractivity contribution in [3.05, 3.63) is 30.9 Å². The lowest BCUT2D eigenvalue weighted by molar-refractivity contribution is 0.300. The van der Waals surface area contributed by atoms with Crippen LogP contribution in [0, 0.1) is 12.8 Å². The lowest BCUT2D eigenvalue weighted by atomic mass is 9.93. The fraction of sp³-hybridized carbons (Fsp3) is 0.625. The first-order valence-electron chi connectivity index (χ1n) is 8.44. The van der Waals surface area contributed by atoms with Gasteiger partial charge in [-0.15, -0.1) is 10.2 Å². The Morgan fingerprint density at radius 2 is 2.16 bits per heavy atom. The van der Waals surface area contributed by atoms with E-state index in [1.165, 1.54) is 0 Å². The summed E-state index contributed by atoms with van der Waals surface area (Å²) in [6, 6.07) is -0.186. The first-order valence-corrected chi connectivity index (χ1v) is 9.92. The highest BCUT2D eigenvalue weighted by molar-refractivity contribution is 7.87. The van der Waals surface area contributed by atoms with E-state index in [1.54, 1.807) is 6.08 Å². The number of hydrogen-bond donors (Lipinski definition) is 3. The molecule has 1 aliphatic rings. The zero-order valence-corrected chi connectivity index (χ0v) is 15.6. The van der Waals surface area contributed by atoms with E-state index in [9.17, 15) is 8.42 Å². The molecule has 1 fully saturated rings. The van der Waals surface area contributed by atoms with Gasteiger partial charge in [-0.1, -0.05) is 26.5 Å². The SMILES string of the molecule is C=CC(=C)n1c(C)nnc1C1CC(NS(=O)(=O)NCCO)CC1CC. The first-order chi connectivity index (χ1) is 11.8. The molecule has 25 heavy (non-hydrogen) atoms. The second-order valence-corrected chi connectivity index (χ2v) is 7.85. The number of rotatable bonds is 9. The maximum Gasteiger partial charge on any atom is 0.277 e. The molecule has 1 heterocycles. The highest BCUT2D eigenvalue weighted by Gasteiger charge is 2.38. The minimum absolute atomic E-state index is 0.00460. The molecule has 0 aromatic carbocycles. The summed E-state index contributed by atoms with van der Waals surface area (Å²) in [5, 5.41) is 17.3. The fourth-order valence-corrected chi connectivity index (χ4v) is 4.57. The summed E-state index contributed by atoms with van der Waals surface area (Å²) in [6.45, 7) is 11.5. The molecule has 0 aliphatic heterocycles. The zero-order valence-electron chi connectivity index (χ0n) is 14.8. The van der Waals surface area contributed by atoms with Crippen molar-refractivity contribution in [1.29, 1.82) is 0 Å². The largest absolute Gasteiger partial charge is 0.395 e. The van der Waals surface area contributed by atoms with Gasteiger partial charge in [0.25, 0.3) is 10.2 Å². The molecule has 9 heteroatoms. The maximum atomic E-state index is 12.0. The number of allylic oxidation sites excluding steroid dienone is 2. The Kier molecular flexibility index (Phi) is 6.50. The van der Waals surface area contributed by atoms with E-state index in [-0.39, 0.29) is 25.1 Å². The molecule has 1 saturated carbocycles. The second kappa shape index (κ2) is 8.22. The summed E-state index contributed by atoms with van der Waals surface area (Å²) in [5.41, 5.74) is 0.709. The van der Waals surface area contributed by atoms with E-state index in [0.29, 0.717) is 18.0 Å². The van der Waals surface area contributed by atoms with Gasteiger partial charge in [0.1, 0.15) is 11.6 Å². The standard InChI is InChI=1S/C16H27N5O3S/c1-5-11(3)21-12(4)18-19-16(21)15-10-14(9-13(15)6-2)20-25(23,24)17-7-8-22/h5,13-15,17,20,22H,1,3,6-10H2,2,4H3. The predicted molar refractivity (Wildman–Crippen MR) is 97.0 cm³/mol. The Morgan fingerprint density at radius 1 is 1.44 bits per heavy atom. The molecule has 0 saturated heterocycles. The molecule has 0 spiro atoms. The molecule has 3 N–H and O–H groups in total. The van der Waals surface area contributed by atoms with Gasteiger partial charge < -0.3 is 5.11 Å². The second-order valence-electron chi connectivity index (χ2n) is 6.32. The third kappa shape index (κ3) is 4.55. The van der Waals surface area contributed by atoms with Crippen LogP contribution in [-0.2, 0) is 10.2 Å². The first kappa shape index (κ1) is 19.8. The summed E-state index contributed by atoms with van der Waals surface area (Å²) in [4.78, 5) is 0. The summed E-state index contributed by atoms with van der Waals surface area (Å²) in [5.74, 6) is 1.93. The lowest BCUT2D eigenvalue weighted by Crippen LogP contribution is -2.42. The molecule has 140 valence electrons. The Balaban J connectivity index is 2.20. The number of hydrogen-bond acceptors (Lipinski definition) is 5. The molecule has 0 amide bonds. The van der Waals surface area contributed by atoms with Crippen LogP contribution in [0.4, 0.5) is 0 Å². The van der Waals surface area contributed by atoms with Gasteiger partial charge in [0.15, 0.2) is 0 Å². The quantitative estimate of drug-likeness (QED) is 0.561. The smallest absolute Gasteiger partial charge is 0.277 e. The minimum atomic E-state index is -3.63. The highest BCUT2D eigenvalue weighted by Crippen LogP contribution is 2.41. The van der Waals surface area contributed by atoms with Gasteiger partial charge >= 0.3 is 0 Å². The number of aliphatic hydroxyl groups is 1. The number of nitrogens with one attached hydrogen (secondary N) is 2. The Hall–Kier alpha value is -1.55. The van der Waals surface area contributed by atoms with E-state index < -0.39 is 10.2 Å². The summed E-state index contributed by atoms with van der Waals surface area (Å²) in [7, 11) is -3.63. The van der Waals surface area contributed by atoms with Gasteiger partial charge in [0.2, 0.25) is 0 Å². The van der Waals surface area contributed by atoms with Crippen LogP contribution in [0.15, 0.2) is 19.2 Å². The molecule has 1 aromatic rings. The normalized spacial score (nSPS) is 23.7. The number of aliphatic hydroxyl groups excluding tert-OH is 1. The lowest BCUT2D eigenvalue weighted by Gasteiger charge is -2.18. The molecule has 1 aromatic heterocycles. The minimum Gasteiger partial charge on any atom is -0.395 e. The average Bonchev–Trinajstić information content (AvgIpc) is 3.14. The Bertz CT molecular complexity index is 728. The molecule has 0 bridgehead atoms. The molecule has 3 unspecified atom stereocenters. The molecule has 0 radical (unpaired) electrons. The van der Waals surface area contributed by atoms with E-state index in [4.69, 9.17) is 5.11 Å². The number of aromatic nitrogens is 3. The third-order valence-corrected chi connectivity index (χ3v) is 5.88. The molecule has 2 rings (SSSR count). The van der Waals surface area contributed by atoms with Crippen molar-refractivity contribution in [3.8, 4) is 0 Å². The van der Waals surface area contributed by atoms with E-state index in [2.05, 4.69) is 39.7 Å². The topological polar surface area (TPSA) is 109 Å². The van der Waals surface area contributed by atoms with Crippen molar-refractivity contribution in [1.82, 2.24) is 24.2 Å². The molecule has 1 aliphatic carbocycles. The van der Waals surface area contributed by atoms with Crippen molar-refractivity contribution < 1.29 is 13.5 Å². The average molecular weight is 369 g/mol. The highest BCUT2D eigenvalue weighted by atomic mass is 32.2. The van der Waals surface area contributed by atoms with Crippen LogP contribution < -0.4 is 9.44 Å². The Labute approximate surface area is 149 Å². The summed E-state index contributed by atoms with van der Waals surface area (Å²) < 4.78 is 30.9. The monoisotopic (exact) mass is 369 g/mol. The van der Waals surface area contributed by atoms with Gasteiger partial charge in [0, 0.05) is 24.2 Å². The van der Waals surface area contributed by atoms with Crippen molar-refractivity contribution in [2.24, 2.45) is 5.92 Å². The van der Waals surface area contributed by atoms with Crippen LogP contribution in [0.3, 0.4) is 0 Å². The molecular formula is C16H27N5O3S. The number of aryl methyl sites for hydroxylation is 1. The molecule has 8 nitrogen and oxygen atoms in total. The van der Waals surface area contributed by atoms with Gasteiger partial charge in [-0.3, -0.25) is 4.57 Å². The van der Waals surface area contributed by atoms with Crippen LogP contribution >= 0.6 is 0 Å². The van der Waals surface area contributed by atoms with Crippen LogP contribution in [0.2, 0.25) is 0 Å². The van der Waals surface area contributed by atoms with Crippen LogP contribution in [0.1, 0.15) is 43.8 Å². The van der Waals surface area contributed by atoms with E-state index in [1.807, 2.05) is 11.5 Å². The van der Waals surface area contributed by atoms with Crippen LogP contribution in [0.5, 0.6) is 0 Å². The van der Waals surface area contributed by atoms with Crippen molar-refractivity contribution in [3.63, 3.8) is 0 Å². The van der Waals surface area contributed by atoms with E-state index >= 15 is 0 Å². The maximum absolute atomic E-state index is 12.0. The van der Waals surface area contributed by atoms with Gasteiger partial charge in [-0.25, -0.2) is 0 Å². The Morgan fingerprint density at radius 3 is 2.76 bits per heavy atom. The van der Waals surface area contributed by atoms with E-state index in [0.717, 1.165) is 24.5 Å². The zero-order chi connectivity index (χ0) is 18.6. The fourth-order valence-electron chi connectivity index (χ4n) is 3.49. The van der Waals surface area contributed by atoms with Crippen LogP contribution in [-0.4, -0.2) is 47.5 Å². The number of nitrogens with zero attached hydrogens (tertiary/aromatic N) is 3. The van der Waals surface area contributed by atoms with Gasteiger partial charge in [0.05, 0.1) is 6.61 Å². The predicted octanol–water partition coefficient (Wildman–Crippen LogP) is 0.932. The third-order valence-electron chi connectivity index (χ3n) is 4.65. The van der Waals surface area contributed by atoms with Crippen LogP contribution in [0.25, 0.3) is 5.70 Å². The van der Waals surface area contributed by atoms with Gasteiger partial charge in [-0.05, 0) is 31.8 Å². The molecule has 3 atom stereocenters. The van der Waals surface area contributed by atoms with Gasteiger partial charge in [-0.2, -0.15) is 17.9 Å². The van der Waals surface area contributed by atoms with Crippen molar-refractivity contribution in [2.45, 2.75) is 45.1 Å². The summed E-state index contributed by atoms with van der Waals surface area (Å²) >= 11 is 0. The molecular weight excluding hydrogens is 342 g/mol. The van der Waals surface area contributed by atoms with Crippen molar-refractivity contribution in [2.75, 3.05) is 13.2 Å². The van der Waals surface area contributed by atoms with Crippen molar-refractivity contribution >= 4 is 15.9 Å².